The van der Waals surface area contributed by atoms with E-state index in [2.05, 4.69) is 19.0 Å². The first-order valence-electron chi connectivity index (χ1n) is 5.85. The van der Waals surface area contributed by atoms with Crippen LogP contribution in [-0.4, -0.2) is 16.2 Å². The van der Waals surface area contributed by atoms with Gasteiger partial charge in [-0.2, -0.15) is 0 Å². The minimum absolute atomic E-state index is 0.0895. The first-order valence-corrected chi connectivity index (χ1v) is 5.85. The van der Waals surface area contributed by atoms with E-state index >= 15 is 0 Å². The third-order valence-electron chi connectivity index (χ3n) is 2.66. The molecule has 1 heterocycles. The standard InChI is InChI=1S/C14H15NO3/c1-9(2)7-10-3-5-11(6-4-10)13-12(14(16)17)8-15-18-13/h3-6,8-9H,7H2,1-2H3,(H,16,17). The van der Waals surface area contributed by atoms with Crippen LogP contribution in [0.15, 0.2) is 35.0 Å². The van der Waals surface area contributed by atoms with E-state index in [9.17, 15) is 4.79 Å². The zero-order valence-electron chi connectivity index (χ0n) is 10.4. The number of hydrogen-bond donors (Lipinski definition) is 1. The molecule has 0 atom stereocenters. The van der Waals surface area contributed by atoms with Crippen LogP contribution in [0.5, 0.6) is 0 Å². The number of aromatic nitrogens is 1. The van der Waals surface area contributed by atoms with Crippen molar-refractivity contribution >= 4 is 5.97 Å². The summed E-state index contributed by atoms with van der Waals surface area (Å²) in [7, 11) is 0. The highest BCUT2D eigenvalue weighted by molar-refractivity contribution is 5.93. The Morgan fingerprint density at radius 1 is 1.33 bits per heavy atom. The van der Waals surface area contributed by atoms with E-state index in [1.165, 1.54) is 11.8 Å². The van der Waals surface area contributed by atoms with E-state index in [-0.39, 0.29) is 5.56 Å². The third kappa shape index (κ3) is 2.59. The van der Waals surface area contributed by atoms with Crippen molar-refractivity contribution < 1.29 is 14.4 Å². The lowest BCUT2D eigenvalue weighted by Gasteiger charge is -2.05. The first kappa shape index (κ1) is 12.4. The molecule has 1 aromatic carbocycles. The van der Waals surface area contributed by atoms with E-state index in [4.69, 9.17) is 9.63 Å². The number of carboxylic acids is 1. The van der Waals surface area contributed by atoms with Gasteiger partial charge in [-0.25, -0.2) is 4.79 Å². The molecule has 0 bridgehead atoms. The van der Waals surface area contributed by atoms with Gasteiger partial charge in [-0.3, -0.25) is 0 Å². The van der Waals surface area contributed by atoms with Gasteiger partial charge >= 0.3 is 5.97 Å². The fourth-order valence-corrected chi connectivity index (χ4v) is 1.86. The van der Waals surface area contributed by atoms with Crippen LogP contribution in [-0.2, 0) is 6.42 Å². The van der Waals surface area contributed by atoms with E-state index in [1.807, 2.05) is 24.3 Å². The lowest BCUT2D eigenvalue weighted by molar-refractivity contribution is 0.0697. The van der Waals surface area contributed by atoms with Gasteiger partial charge < -0.3 is 9.63 Å². The van der Waals surface area contributed by atoms with Gasteiger partial charge in [0, 0.05) is 5.56 Å². The predicted molar refractivity (Wildman–Crippen MR) is 67.4 cm³/mol. The molecule has 2 aromatic rings. The molecule has 0 aliphatic carbocycles. The smallest absolute Gasteiger partial charge is 0.341 e. The molecule has 0 fully saturated rings. The average Bonchev–Trinajstić information content (AvgIpc) is 2.78. The van der Waals surface area contributed by atoms with Crippen LogP contribution in [0, 0.1) is 5.92 Å². The highest BCUT2D eigenvalue weighted by atomic mass is 16.5. The molecular formula is C14H15NO3. The average molecular weight is 245 g/mol. The van der Waals surface area contributed by atoms with Crippen LogP contribution in [0.3, 0.4) is 0 Å². The third-order valence-corrected chi connectivity index (χ3v) is 2.66. The van der Waals surface area contributed by atoms with E-state index in [0.29, 0.717) is 11.7 Å². The molecule has 0 aliphatic heterocycles. The molecule has 0 aliphatic rings. The van der Waals surface area contributed by atoms with Crippen molar-refractivity contribution in [2.45, 2.75) is 20.3 Å². The van der Waals surface area contributed by atoms with Crippen LogP contribution in [0.4, 0.5) is 0 Å². The van der Waals surface area contributed by atoms with Crippen molar-refractivity contribution in [2.24, 2.45) is 5.92 Å². The van der Waals surface area contributed by atoms with E-state index in [1.54, 1.807) is 0 Å². The summed E-state index contributed by atoms with van der Waals surface area (Å²) in [6, 6.07) is 7.71. The van der Waals surface area contributed by atoms with Crippen molar-refractivity contribution in [3.05, 3.63) is 41.6 Å². The van der Waals surface area contributed by atoms with Gasteiger partial charge in [0.15, 0.2) is 5.76 Å². The molecule has 1 N–H and O–H groups in total. The van der Waals surface area contributed by atoms with Crippen molar-refractivity contribution in [2.75, 3.05) is 0 Å². The SMILES string of the molecule is CC(C)Cc1ccc(-c2oncc2C(=O)O)cc1. The Morgan fingerprint density at radius 3 is 2.56 bits per heavy atom. The monoisotopic (exact) mass is 245 g/mol. The van der Waals surface area contributed by atoms with Crippen LogP contribution < -0.4 is 0 Å². The Labute approximate surface area is 105 Å². The maximum atomic E-state index is 11.0. The summed E-state index contributed by atoms with van der Waals surface area (Å²) in [6.45, 7) is 4.32. The van der Waals surface area contributed by atoms with Gasteiger partial charge in [0.25, 0.3) is 0 Å². The second-order valence-electron chi connectivity index (χ2n) is 4.67. The Balaban J connectivity index is 2.29. The fourth-order valence-electron chi connectivity index (χ4n) is 1.86. The Hall–Kier alpha value is -2.10. The summed E-state index contributed by atoms with van der Waals surface area (Å²) in [5, 5.41) is 12.5. The zero-order chi connectivity index (χ0) is 13.1. The molecule has 2 rings (SSSR count). The molecular weight excluding hydrogens is 230 g/mol. The largest absolute Gasteiger partial charge is 0.477 e. The minimum atomic E-state index is -1.03. The summed E-state index contributed by atoms with van der Waals surface area (Å²) >= 11 is 0. The summed E-state index contributed by atoms with van der Waals surface area (Å²) in [5.74, 6) is -0.133. The second-order valence-corrected chi connectivity index (χ2v) is 4.67. The Morgan fingerprint density at radius 2 is 2.00 bits per heavy atom. The van der Waals surface area contributed by atoms with Gasteiger partial charge in [-0.15, -0.1) is 0 Å². The lowest BCUT2D eigenvalue weighted by Crippen LogP contribution is -1.96. The number of rotatable bonds is 4. The van der Waals surface area contributed by atoms with Gasteiger partial charge in [0.1, 0.15) is 5.56 Å². The molecule has 0 amide bonds. The van der Waals surface area contributed by atoms with Gasteiger partial charge in [-0.05, 0) is 17.9 Å². The van der Waals surface area contributed by atoms with E-state index < -0.39 is 5.97 Å². The minimum Gasteiger partial charge on any atom is -0.477 e. The second kappa shape index (κ2) is 5.04. The molecule has 0 saturated carbocycles. The maximum absolute atomic E-state index is 11.0. The van der Waals surface area contributed by atoms with Gasteiger partial charge in [0.2, 0.25) is 0 Å². The predicted octanol–water partition coefficient (Wildman–Crippen LogP) is 3.24. The summed E-state index contributed by atoms with van der Waals surface area (Å²) in [6.07, 6.45) is 2.22. The number of benzene rings is 1. The van der Waals surface area contributed by atoms with Crippen molar-refractivity contribution in [3.8, 4) is 11.3 Å². The zero-order valence-corrected chi connectivity index (χ0v) is 10.4. The van der Waals surface area contributed by atoms with Crippen LogP contribution in [0.1, 0.15) is 29.8 Å². The number of hydrogen-bond acceptors (Lipinski definition) is 3. The topological polar surface area (TPSA) is 63.3 Å². The molecule has 0 saturated heterocycles. The van der Waals surface area contributed by atoms with Crippen LogP contribution >= 0.6 is 0 Å². The molecule has 1 aromatic heterocycles. The van der Waals surface area contributed by atoms with Crippen LogP contribution in [0.2, 0.25) is 0 Å². The molecule has 0 unspecified atom stereocenters. The molecule has 0 spiro atoms. The van der Waals surface area contributed by atoms with Crippen LogP contribution in [0.25, 0.3) is 11.3 Å². The fraction of sp³-hybridized carbons (Fsp3) is 0.286. The molecule has 94 valence electrons. The highest BCUT2D eigenvalue weighted by Crippen LogP contribution is 2.24. The normalized spacial score (nSPS) is 10.8. The molecule has 18 heavy (non-hydrogen) atoms. The van der Waals surface area contributed by atoms with Gasteiger partial charge in [-0.1, -0.05) is 43.3 Å². The summed E-state index contributed by atoms with van der Waals surface area (Å²) in [5.41, 5.74) is 2.05. The molecule has 4 nitrogen and oxygen atoms in total. The Kier molecular flexibility index (Phi) is 3.46. The number of carbonyl (C=O) groups is 1. The van der Waals surface area contributed by atoms with Crippen molar-refractivity contribution in [3.63, 3.8) is 0 Å². The molecule has 4 heteroatoms. The van der Waals surface area contributed by atoms with Crippen molar-refractivity contribution in [1.29, 1.82) is 0 Å². The number of aromatic carboxylic acids is 1. The summed E-state index contributed by atoms with van der Waals surface area (Å²) in [4.78, 5) is 11.0. The molecule has 0 radical (unpaired) electrons. The lowest BCUT2D eigenvalue weighted by atomic mass is 10.0. The van der Waals surface area contributed by atoms with Crippen molar-refractivity contribution in [1.82, 2.24) is 5.16 Å². The highest BCUT2D eigenvalue weighted by Gasteiger charge is 2.16. The summed E-state index contributed by atoms with van der Waals surface area (Å²) < 4.78 is 5.00. The van der Waals surface area contributed by atoms with Gasteiger partial charge in [0.05, 0.1) is 6.20 Å². The first-order chi connectivity index (χ1) is 8.58. The quantitative estimate of drug-likeness (QED) is 0.898. The number of carboxylic acid groups (broad SMARTS) is 1. The maximum Gasteiger partial charge on any atom is 0.341 e. The Bertz CT molecular complexity index is 540. The number of nitrogens with zero attached hydrogens (tertiary/aromatic N) is 1. The van der Waals surface area contributed by atoms with E-state index in [0.717, 1.165) is 12.0 Å².